The highest BCUT2D eigenvalue weighted by Crippen LogP contribution is 2.21. The van der Waals surface area contributed by atoms with Gasteiger partial charge in [-0.2, -0.15) is 0 Å². The summed E-state index contributed by atoms with van der Waals surface area (Å²) in [6.45, 7) is 0.577. The Bertz CT molecular complexity index is 844. The van der Waals surface area contributed by atoms with Crippen LogP contribution in [0.2, 0.25) is 0 Å². The molecule has 0 fully saturated rings. The number of aromatic nitrogens is 1. The molecule has 108 valence electrons. The second-order valence-electron chi connectivity index (χ2n) is 4.29. The largest absolute Gasteiger partial charge is 0.491 e. The number of hydrogen-bond donors (Lipinski definition) is 1. The summed E-state index contributed by atoms with van der Waals surface area (Å²) in [7, 11) is 0. The molecule has 0 saturated carbocycles. The fraction of sp³-hybridized carbons (Fsp3) is 0.143. The van der Waals surface area contributed by atoms with E-state index in [0.717, 1.165) is 11.3 Å². The third-order valence-corrected chi connectivity index (χ3v) is 3.84. The van der Waals surface area contributed by atoms with E-state index in [-0.39, 0.29) is 11.5 Å². The van der Waals surface area contributed by atoms with Crippen molar-refractivity contribution in [2.45, 2.75) is 6.54 Å². The van der Waals surface area contributed by atoms with Crippen molar-refractivity contribution in [2.75, 3.05) is 6.61 Å². The molecule has 21 heavy (non-hydrogen) atoms. The number of oxazole rings is 1. The van der Waals surface area contributed by atoms with Gasteiger partial charge in [0.1, 0.15) is 17.2 Å². The first-order valence-electron chi connectivity index (χ1n) is 6.18. The van der Waals surface area contributed by atoms with Gasteiger partial charge in [0.15, 0.2) is 5.58 Å². The van der Waals surface area contributed by atoms with Crippen molar-refractivity contribution in [3.8, 4) is 5.75 Å². The van der Waals surface area contributed by atoms with Crippen molar-refractivity contribution in [1.82, 2.24) is 4.57 Å². The normalized spacial score (nSPS) is 10.9. The summed E-state index contributed by atoms with van der Waals surface area (Å²) < 4.78 is 12.1. The van der Waals surface area contributed by atoms with Gasteiger partial charge >= 0.3 is 11.7 Å². The van der Waals surface area contributed by atoms with E-state index >= 15 is 0 Å². The number of aromatic carboxylic acids is 1. The van der Waals surface area contributed by atoms with Crippen LogP contribution in [0.25, 0.3) is 11.1 Å². The van der Waals surface area contributed by atoms with E-state index in [2.05, 4.69) is 0 Å². The van der Waals surface area contributed by atoms with Crippen molar-refractivity contribution >= 4 is 28.4 Å². The van der Waals surface area contributed by atoms with Gasteiger partial charge in [0, 0.05) is 11.4 Å². The third kappa shape index (κ3) is 2.68. The minimum atomic E-state index is -0.980. The molecule has 0 radical (unpaired) electrons. The minimum absolute atomic E-state index is 0.218. The van der Waals surface area contributed by atoms with Crippen molar-refractivity contribution < 1.29 is 19.1 Å². The summed E-state index contributed by atoms with van der Waals surface area (Å²) >= 11 is 1.10. The van der Waals surface area contributed by atoms with Crippen LogP contribution in [-0.4, -0.2) is 22.2 Å². The Morgan fingerprint density at radius 2 is 2.19 bits per heavy atom. The van der Waals surface area contributed by atoms with Crippen LogP contribution in [-0.2, 0) is 6.54 Å². The summed E-state index contributed by atoms with van der Waals surface area (Å²) in [5.74, 6) is -0.929. The summed E-state index contributed by atoms with van der Waals surface area (Å²) in [6.07, 6.45) is 0. The summed E-state index contributed by atoms with van der Waals surface area (Å²) in [5.41, 5.74) is 1.24. The second-order valence-corrected chi connectivity index (χ2v) is 5.20. The molecule has 1 aromatic carbocycles. The van der Waals surface area contributed by atoms with Crippen LogP contribution in [0.4, 0.5) is 0 Å². The number of carbonyl (C=O) groups is 1. The van der Waals surface area contributed by atoms with Crippen molar-refractivity contribution in [2.24, 2.45) is 0 Å². The Balaban J connectivity index is 1.70. The molecule has 3 rings (SSSR count). The molecule has 6 nitrogen and oxygen atoms in total. The Labute approximate surface area is 122 Å². The lowest BCUT2D eigenvalue weighted by atomic mass is 10.3. The van der Waals surface area contributed by atoms with E-state index < -0.39 is 11.7 Å². The number of carboxylic acids is 1. The van der Waals surface area contributed by atoms with Gasteiger partial charge in [0.2, 0.25) is 0 Å². The number of carboxylic acid groups (broad SMARTS) is 1. The first-order valence-corrected chi connectivity index (χ1v) is 7.06. The number of thiophene rings is 1. The van der Waals surface area contributed by atoms with Crippen LogP contribution in [0.1, 0.15) is 9.67 Å². The van der Waals surface area contributed by atoms with Gasteiger partial charge in [-0.15, -0.1) is 11.3 Å². The topological polar surface area (TPSA) is 81.7 Å². The van der Waals surface area contributed by atoms with Gasteiger partial charge in [-0.1, -0.05) is 12.1 Å². The predicted molar refractivity (Wildman–Crippen MR) is 77.2 cm³/mol. The SMILES string of the molecule is O=C(O)c1cc(OCCn2c(=O)oc3ccccc32)cs1. The first-order chi connectivity index (χ1) is 10.1. The number of hydrogen-bond acceptors (Lipinski definition) is 5. The number of para-hydroxylation sites is 2. The lowest BCUT2D eigenvalue weighted by Gasteiger charge is -2.04. The number of nitrogens with zero attached hydrogens (tertiary/aromatic N) is 1. The maximum atomic E-state index is 11.7. The lowest BCUT2D eigenvalue weighted by molar-refractivity contribution is 0.0702. The molecule has 0 unspecified atom stereocenters. The lowest BCUT2D eigenvalue weighted by Crippen LogP contribution is -2.18. The molecule has 0 saturated heterocycles. The number of rotatable bonds is 5. The average Bonchev–Trinajstić information content (AvgIpc) is 3.04. The Hall–Kier alpha value is -2.54. The van der Waals surface area contributed by atoms with Crippen LogP contribution < -0.4 is 10.5 Å². The van der Waals surface area contributed by atoms with Crippen LogP contribution in [0.5, 0.6) is 5.75 Å². The monoisotopic (exact) mass is 305 g/mol. The zero-order valence-corrected chi connectivity index (χ0v) is 11.6. The first kappa shape index (κ1) is 13.4. The number of benzene rings is 1. The van der Waals surface area contributed by atoms with Crippen molar-refractivity contribution in [3.05, 3.63) is 51.1 Å². The highest BCUT2D eigenvalue weighted by atomic mass is 32.1. The minimum Gasteiger partial charge on any atom is -0.491 e. The zero-order valence-electron chi connectivity index (χ0n) is 10.8. The molecular formula is C14H11NO5S. The molecule has 0 spiro atoms. The zero-order chi connectivity index (χ0) is 14.8. The molecule has 2 aromatic heterocycles. The predicted octanol–water partition coefficient (Wildman–Crippen LogP) is 2.43. The van der Waals surface area contributed by atoms with Crippen LogP contribution in [0.3, 0.4) is 0 Å². The summed E-state index contributed by atoms with van der Waals surface area (Å²) in [6, 6.07) is 8.61. The molecule has 0 aliphatic heterocycles. The molecular weight excluding hydrogens is 294 g/mol. The van der Waals surface area contributed by atoms with Crippen molar-refractivity contribution in [1.29, 1.82) is 0 Å². The molecule has 0 amide bonds. The average molecular weight is 305 g/mol. The van der Waals surface area contributed by atoms with Crippen LogP contribution >= 0.6 is 11.3 Å². The van der Waals surface area contributed by atoms with Gasteiger partial charge < -0.3 is 14.3 Å². The van der Waals surface area contributed by atoms with E-state index in [9.17, 15) is 9.59 Å². The fourth-order valence-corrected chi connectivity index (χ4v) is 2.65. The van der Waals surface area contributed by atoms with Gasteiger partial charge in [0.05, 0.1) is 12.1 Å². The molecule has 2 heterocycles. The van der Waals surface area contributed by atoms with Gasteiger partial charge in [-0.05, 0) is 12.1 Å². The Morgan fingerprint density at radius 1 is 1.38 bits per heavy atom. The molecule has 0 aliphatic carbocycles. The molecule has 0 bridgehead atoms. The molecule has 0 atom stereocenters. The molecule has 0 aliphatic rings. The number of fused-ring (bicyclic) bond motifs is 1. The highest BCUT2D eigenvalue weighted by Gasteiger charge is 2.10. The highest BCUT2D eigenvalue weighted by molar-refractivity contribution is 7.12. The Morgan fingerprint density at radius 3 is 2.95 bits per heavy atom. The quantitative estimate of drug-likeness (QED) is 0.783. The summed E-state index contributed by atoms with van der Waals surface area (Å²) in [5, 5.41) is 10.5. The molecule has 3 aromatic rings. The smallest absolute Gasteiger partial charge is 0.420 e. The van der Waals surface area contributed by atoms with E-state index in [0.29, 0.717) is 23.4 Å². The maximum absolute atomic E-state index is 11.7. The van der Waals surface area contributed by atoms with Crippen LogP contribution in [0.15, 0.2) is 44.9 Å². The van der Waals surface area contributed by atoms with Crippen LogP contribution in [0, 0.1) is 0 Å². The number of ether oxygens (including phenoxy) is 1. The van der Waals surface area contributed by atoms with E-state index in [4.69, 9.17) is 14.3 Å². The van der Waals surface area contributed by atoms with Gasteiger partial charge in [0.25, 0.3) is 0 Å². The summed E-state index contributed by atoms with van der Waals surface area (Å²) in [4.78, 5) is 22.7. The molecule has 7 heteroatoms. The van der Waals surface area contributed by atoms with E-state index in [1.165, 1.54) is 10.6 Å². The second kappa shape index (κ2) is 5.45. The van der Waals surface area contributed by atoms with Gasteiger partial charge in [-0.25, -0.2) is 9.59 Å². The standard InChI is InChI=1S/C14H11NO5S/c16-13(17)12-7-9(8-21-12)19-6-5-15-10-3-1-2-4-11(10)20-14(15)18/h1-4,7-8H,5-6H2,(H,16,17). The van der Waals surface area contributed by atoms with E-state index in [1.54, 1.807) is 23.6 Å². The van der Waals surface area contributed by atoms with E-state index in [1.807, 2.05) is 6.07 Å². The third-order valence-electron chi connectivity index (χ3n) is 2.94. The van der Waals surface area contributed by atoms with Gasteiger partial charge in [-0.3, -0.25) is 4.57 Å². The Kier molecular flexibility index (Phi) is 3.49. The molecule has 1 N–H and O–H groups in total. The maximum Gasteiger partial charge on any atom is 0.420 e. The van der Waals surface area contributed by atoms with Crippen molar-refractivity contribution in [3.63, 3.8) is 0 Å². The fourth-order valence-electron chi connectivity index (χ4n) is 1.99.